The SMILES string of the molecule is Cc1cc(/C=C2/NC(=S)NC2=O)cc(C)c1OCc1ccc(Cl)cc1Cl. The first kappa shape index (κ1) is 18.7. The molecule has 7 heteroatoms. The van der Waals surface area contributed by atoms with Crippen LogP contribution in [0.25, 0.3) is 6.08 Å². The minimum atomic E-state index is -0.233. The van der Waals surface area contributed by atoms with Gasteiger partial charge in [-0.1, -0.05) is 29.3 Å². The van der Waals surface area contributed by atoms with Crippen LogP contribution < -0.4 is 15.4 Å². The van der Waals surface area contributed by atoms with Crippen molar-refractivity contribution in [1.29, 1.82) is 0 Å². The second-order valence-electron chi connectivity index (χ2n) is 5.97. The van der Waals surface area contributed by atoms with Gasteiger partial charge in [-0.3, -0.25) is 10.1 Å². The number of ether oxygens (including phenoxy) is 1. The van der Waals surface area contributed by atoms with Crippen LogP contribution in [0.5, 0.6) is 5.75 Å². The van der Waals surface area contributed by atoms with E-state index in [2.05, 4.69) is 10.6 Å². The van der Waals surface area contributed by atoms with Gasteiger partial charge in [-0.25, -0.2) is 0 Å². The molecule has 1 aliphatic heterocycles. The van der Waals surface area contributed by atoms with E-state index >= 15 is 0 Å². The third-order valence-corrected chi connectivity index (χ3v) is 4.69. The molecule has 0 saturated carbocycles. The minimum Gasteiger partial charge on any atom is -0.488 e. The smallest absolute Gasteiger partial charge is 0.273 e. The number of rotatable bonds is 4. The van der Waals surface area contributed by atoms with Crippen molar-refractivity contribution in [3.8, 4) is 5.75 Å². The fraction of sp³-hybridized carbons (Fsp3) is 0.158. The lowest BCUT2D eigenvalue weighted by Crippen LogP contribution is -2.21. The van der Waals surface area contributed by atoms with Crippen LogP contribution in [0.15, 0.2) is 36.0 Å². The van der Waals surface area contributed by atoms with Crippen LogP contribution in [0, 0.1) is 13.8 Å². The van der Waals surface area contributed by atoms with E-state index < -0.39 is 0 Å². The van der Waals surface area contributed by atoms with Crippen LogP contribution in [0.2, 0.25) is 10.0 Å². The van der Waals surface area contributed by atoms with Crippen LogP contribution in [-0.2, 0) is 11.4 Å². The Balaban J connectivity index is 1.80. The summed E-state index contributed by atoms with van der Waals surface area (Å²) in [7, 11) is 0. The van der Waals surface area contributed by atoms with Crippen molar-refractivity contribution in [2.24, 2.45) is 0 Å². The summed E-state index contributed by atoms with van der Waals surface area (Å²) >= 11 is 17.1. The molecule has 1 fully saturated rings. The van der Waals surface area contributed by atoms with Gasteiger partial charge in [0.15, 0.2) is 5.11 Å². The van der Waals surface area contributed by atoms with Gasteiger partial charge in [-0.05, 0) is 73.1 Å². The maximum Gasteiger partial charge on any atom is 0.273 e. The second kappa shape index (κ2) is 7.66. The average Bonchev–Trinajstić information content (AvgIpc) is 2.86. The summed E-state index contributed by atoms with van der Waals surface area (Å²) in [6, 6.07) is 9.23. The monoisotopic (exact) mass is 406 g/mol. The lowest BCUT2D eigenvalue weighted by Gasteiger charge is -2.14. The first-order chi connectivity index (χ1) is 12.3. The van der Waals surface area contributed by atoms with Gasteiger partial charge in [0.25, 0.3) is 5.91 Å². The summed E-state index contributed by atoms with van der Waals surface area (Å²) < 4.78 is 5.97. The van der Waals surface area contributed by atoms with Crippen LogP contribution in [0.3, 0.4) is 0 Å². The Morgan fingerprint density at radius 3 is 2.38 bits per heavy atom. The summed E-state index contributed by atoms with van der Waals surface area (Å²) in [6.07, 6.45) is 1.76. The van der Waals surface area contributed by atoms with E-state index in [1.165, 1.54) is 0 Å². The standard InChI is InChI=1S/C19H16Cl2N2O2S/c1-10-5-12(7-16-18(24)23-19(26)22-16)6-11(2)17(10)25-9-13-3-4-14(20)8-15(13)21/h3-8H,9H2,1-2H3,(H2,22,23,24,26)/b16-7+. The molecule has 0 bridgehead atoms. The number of aryl methyl sites for hydroxylation is 2. The topological polar surface area (TPSA) is 50.4 Å². The van der Waals surface area contributed by atoms with Gasteiger partial charge in [0, 0.05) is 15.6 Å². The van der Waals surface area contributed by atoms with Crippen molar-refractivity contribution < 1.29 is 9.53 Å². The van der Waals surface area contributed by atoms with Gasteiger partial charge in [-0.2, -0.15) is 0 Å². The van der Waals surface area contributed by atoms with Crippen molar-refractivity contribution in [1.82, 2.24) is 10.6 Å². The van der Waals surface area contributed by atoms with Crippen molar-refractivity contribution in [3.63, 3.8) is 0 Å². The third-order valence-electron chi connectivity index (χ3n) is 3.90. The molecule has 1 aliphatic rings. The third kappa shape index (κ3) is 4.18. The summed E-state index contributed by atoms with van der Waals surface area (Å²) in [5.74, 6) is 0.556. The number of thiocarbonyl (C=S) groups is 1. The second-order valence-corrected chi connectivity index (χ2v) is 7.23. The van der Waals surface area contributed by atoms with Gasteiger partial charge >= 0.3 is 0 Å². The highest BCUT2D eigenvalue weighted by atomic mass is 35.5. The fourth-order valence-electron chi connectivity index (χ4n) is 2.73. The van der Waals surface area contributed by atoms with E-state index in [-0.39, 0.29) is 5.91 Å². The molecule has 0 aliphatic carbocycles. The number of amides is 1. The quantitative estimate of drug-likeness (QED) is 0.578. The van der Waals surface area contributed by atoms with Crippen LogP contribution in [-0.4, -0.2) is 11.0 Å². The van der Waals surface area contributed by atoms with E-state index in [1.807, 2.05) is 32.0 Å². The number of carbonyl (C=O) groups is 1. The number of nitrogens with one attached hydrogen (secondary N) is 2. The van der Waals surface area contributed by atoms with E-state index in [0.717, 1.165) is 28.0 Å². The molecule has 2 aromatic carbocycles. The maximum atomic E-state index is 11.8. The molecule has 2 aromatic rings. The molecular weight excluding hydrogens is 391 g/mol. The van der Waals surface area contributed by atoms with E-state index in [9.17, 15) is 4.79 Å². The lowest BCUT2D eigenvalue weighted by molar-refractivity contribution is -0.115. The molecule has 0 unspecified atom stereocenters. The van der Waals surface area contributed by atoms with Crippen LogP contribution >= 0.6 is 35.4 Å². The summed E-state index contributed by atoms with van der Waals surface area (Å²) in [5.41, 5.74) is 4.10. The van der Waals surface area contributed by atoms with Crippen molar-refractivity contribution in [2.45, 2.75) is 20.5 Å². The van der Waals surface area contributed by atoms with Gasteiger partial charge in [0.2, 0.25) is 0 Å². The predicted octanol–water partition coefficient (Wildman–Crippen LogP) is 4.53. The zero-order valence-corrected chi connectivity index (χ0v) is 16.5. The molecule has 1 amide bonds. The van der Waals surface area contributed by atoms with Gasteiger partial charge in [-0.15, -0.1) is 0 Å². The maximum absolute atomic E-state index is 11.8. The molecule has 0 atom stereocenters. The number of halogens is 2. The van der Waals surface area contributed by atoms with Gasteiger partial charge in [0.05, 0.1) is 0 Å². The predicted molar refractivity (Wildman–Crippen MR) is 109 cm³/mol. The number of benzene rings is 2. The zero-order chi connectivity index (χ0) is 18.8. The molecule has 1 saturated heterocycles. The molecule has 2 N–H and O–H groups in total. The first-order valence-corrected chi connectivity index (χ1v) is 9.02. The minimum absolute atomic E-state index is 0.233. The van der Waals surface area contributed by atoms with E-state index in [4.69, 9.17) is 40.2 Å². The zero-order valence-electron chi connectivity index (χ0n) is 14.2. The van der Waals surface area contributed by atoms with Crippen molar-refractivity contribution >= 4 is 52.5 Å². The highest BCUT2D eigenvalue weighted by Crippen LogP contribution is 2.28. The van der Waals surface area contributed by atoms with Gasteiger partial charge in [0.1, 0.15) is 18.1 Å². The first-order valence-electron chi connectivity index (χ1n) is 7.85. The molecule has 26 heavy (non-hydrogen) atoms. The molecule has 134 valence electrons. The summed E-state index contributed by atoms with van der Waals surface area (Å²) in [5, 5.41) is 6.86. The highest BCUT2D eigenvalue weighted by Gasteiger charge is 2.20. The van der Waals surface area contributed by atoms with Crippen LogP contribution in [0.4, 0.5) is 0 Å². The van der Waals surface area contributed by atoms with Crippen LogP contribution in [0.1, 0.15) is 22.3 Å². The molecule has 4 nitrogen and oxygen atoms in total. The number of hydrogen-bond donors (Lipinski definition) is 2. The van der Waals surface area contributed by atoms with Gasteiger partial charge < -0.3 is 10.1 Å². The summed E-state index contributed by atoms with van der Waals surface area (Å²) in [6.45, 7) is 4.26. The molecule has 0 spiro atoms. The molecule has 3 rings (SSSR count). The van der Waals surface area contributed by atoms with E-state index in [1.54, 1.807) is 18.2 Å². The Hall–Kier alpha value is -2.08. The summed E-state index contributed by atoms with van der Waals surface area (Å²) in [4.78, 5) is 11.8. The molecule has 1 heterocycles. The Morgan fingerprint density at radius 1 is 1.12 bits per heavy atom. The van der Waals surface area contributed by atoms with E-state index in [0.29, 0.717) is 27.5 Å². The Bertz CT molecular complexity index is 918. The molecule has 0 radical (unpaired) electrons. The Morgan fingerprint density at radius 2 is 1.81 bits per heavy atom. The Kier molecular flexibility index (Phi) is 5.51. The Labute approximate surface area is 167 Å². The average molecular weight is 407 g/mol. The number of carbonyl (C=O) groups excluding carboxylic acids is 1. The lowest BCUT2D eigenvalue weighted by atomic mass is 10.0. The van der Waals surface area contributed by atoms with Crippen molar-refractivity contribution in [3.05, 3.63) is 68.3 Å². The molecular formula is C19H16Cl2N2O2S. The fourth-order valence-corrected chi connectivity index (χ4v) is 3.40. The normalized spacial score (nSPS) is 15.2. The van der Waals surface area contributed by atoms with Crippen molar-refractivity contribution in [2.75, 3.05) is 0 Å². The number of hydrogen-bond acceptors (Lipinski definition) is 3. The largest absolute Gasteiger partial charge is 0.488 e. The highest BCUT2D eigenvalue weighted by molar-refractivity contribution is 7.80. The molecule has 0 aromatic heterocycles.